The number of benzene rings is 1. The summed E-state index contributed by atoms with van der Waals surface area (Å²) in [4.78, 5) is 43.4. The topological polar surface area (TPSA) is 128 Å². The summed E-state index contributed by atoms with van der Waals surface area (Å²) in [5, 5.41) is 18.8. The van der Waals surface area contributed by atoms with Crippen LogP contribution in [0.3, 0.4) is 0 Å². The molecule has 1 aromatic heterocycles. The molecule has 3 heterocycles. The number of hydrogen-bond donors (Lipinski definition) is 3. The highest BCUT2D eigenvalue weighted by molar-refractivity contribution is 8.06. The first kappa shape index (κ1) is 19.9. The fourth-order valence-corrected chi connectivity index (χ4v) is 5.99. The van der Waals surface area contributed by atoms with Gasteiger partial charge in [0.15, 0.2) is 5.16 Å². The molecular formula is C17H15N5O4S3. The number of fused-ring (bicyclic) bond motifs is 1. The summed E-state index contributed by atoms with van der Waals surface area (Å²) in [6.45, 7) is 0. The minimum Gasteiger partial charge on any atom is -0.477 e. The summed E-state index contributed by atoms with van der Waals surface area (Å²) in [5.74, 6) is -1.30. The molecule has 0 radical (unpaired) electrons. The van der Waals surface area contributed by atoms with E-state index in [1.54, 1.807) is 0 Å². The van der Waals surface area contributed by atoms with Crippen LogP contribution in [0.15, 0.2) is 57.3 Å². The van der Waals surface area contributed by atoms with Crippen LogP contribution < -0.4 is 5.32 Å². The van der Waals surface area contributed by atoms with Gasteiger partial charge in [0, 0.05) is 15.6 Å². The third-order valence-electron chi connectivity index (χ3n) is 4.18. The van der Waals surface area contributed by atoms with Crippen molar-refractivity contribution in [3.8, 4) is 0 Å². The standard InChI is InChI=1S/C17H15N5O4S3/c23-11(7-27-9-4-2-1-3-5-9)20-12-14(24)22-13(16(25)26)10(6-28-15(12)22)29-17-18-8-19-21-17/h1-5,8,12,15H,6-7H2,(H,20,23)(H,25,26)(H,18,19,21)/t12-,15+/m1/s1. The first-order valence-corrected chi connectivity index (χ1v) is 11.3. The molecule has 0 spiro atoms. The Hall–Kier alpha value is -2.44. The summed E-state index contributed by atoms with van der Waals surface area (Å²) < 4.78 is 0. The predicted molar refractivity (Wildman–Crippen MR) is 109 cm³/mol. The third kappa shape index (κ3) is 4.14. The minimum absolute atomic E-state index is 0.0655. The minimum atomic E-state index is -1.19. The molecule has 0 aliphatic carbocycles. The van der Waals surface area contributed by atoms with Gasteiger partial charge in [-0.25, -0.2) is 9.78 Å². The fourth-order valence-electron chi connectivity index (χ4n) is 2.91. The van der Waals surface area contributed by atoms with Crippen LogP contribution in [-0.4, -0.2) is 65.9 Å². The second-order valence-corrected chi connectivity index (χ2v) is 9.26. The average Bonchev–Trinajstić information content (AvgIpc) is 3.23. The Balaban J connectivity index is 1.41. The number of β-lactam (4-membered cyclic amide) rings is 1. The van der Waals surface area contributed by atoms with Gasteiger partial charge in [0.05, 0.1) is 5.75 Å². The van der Waals surface area contributed by atoms with E-state index in [1.807, 2.05) is 30.3 Å². The van der Waals surface area contributed by atoms with Crippen molar-refractivity contribution in [3.63, 3.8) is 0 Å². The van der Waals surface area contributed by atoms with E-state index in [0.717, 1.165) is 16.7 Å². The molecule has 0 bridgehead atoms. The lowest BCUT2D eigenvalue weighted by molar-refractivity contribution is -0.150. The van der Waals surface area contributed by atoms with Gasteiger partial charge in [0.2, 0.25) is 5.91 Å². The quantitative estimate of drug-likeness (QED) is 0.424. The normalized spacial score (nSPS) is 20.8. The van der Waals surface area contributed by atoms with Crippen molar-refractivity contribution in [2.75, 3.05) is 11.5 Å². The molecule has 9 nitrogen and oxygen atoms in total. The molecule has 29 heavy (non-hydrogen) atoms. The van der Waals surface area contributed by atoms with E-state index in [0.29, 0.717) is 15.8 Å². The number of carboxylic acid groups (broad SMARTS) is 1. The molecule has 0 saturated carbocycles. The molecule has 1 aromatic carbocycles. The molecule has 150 valence electrons. The molecular weight excluding hydrogens is 434 g/mol. The van der Waals surface area contributed by atoms with Crippen LogP contribution in [0.4, 0.5) is 0 Å². The van der Waals surface area contributed by atoms with Crippen LogP contribution >= 0.6 is 35.3 Å². The first-order valence-electron chi connectivity index (χ1n) is 8.46. The van der Waals surface area contributed by atoms with E-state index in [1.165, 1.54) is 34.8 Å². The molecule has 2 atom stereocenters. The van der Waals surface area contributed by atoms with Crippen molar-refractivity contribution in [1.29, 1.82) is 0 Å². The monoisotopic (exact) mass is 449 g/mol. The van der Waals surface area contributed by atoms with E-state index in [4.69, 9.17) is 0 Å². The van der Waals surface area contributed by atoms with Crippen LogP contribution in [0.1, 0.15) is 0 Å². The van der Waals surface area contributed by atoms with Gasteiger partial charge in [-0.1, -0.05) is 30.0 Å². The molecule has 2 amide bonds. The van der Waals surface area contributed by atoms with Gasteiger partial charge in [0.25, 0.3) is 5.91 Å². The number of H-pyrrole nitrogens is 1. The summed E-state index contributed by atoms with van der Waals surface area (Å²) in [5.41, 5.74) is -0.0655. The second kappa shape index (κ2) is 8.51. The number of aromatic amines is 1. The maximum atomic E-state index is 12.6. The summed E-state index contributed by atoms with van der Waals surface area (Å²) in [6, 6.07) is 8.76. The Labute approximate surface area is 178 Å². The third-order valence-corrected chi connectivity index (χ3v) is 7.63. The van der Waals surface area contributed by atoms with Crippen molar-refractivity contribution in [3.05, 3.63) is 47.3 Å². The Morgan fingerprint density at radius 3 is 2.83 bits per heavy atom. The molecule has 2 aliphatic heterocycles. The number of carboxylic acids is 1. The number of nitrogens with one attached hydrogen (secondary N) is 2. The average molecular weight is 450 g/mol. The van der Waals surface area contributed by atoms with E-state index in [-0.39, 0.29) is 17.4 Å². The van der Waals surface area contributed by atoms with Crippen LogP contribution in [0.25, 0.3) is 0 Å². The molecule has 4 rings (SSSR count). The zero-order chi connectivity index (χ0) is 20.4. The number of carbonyl (C=O) groups excluding carboxylic acids is 2. The summed E-state index contributed by atoms with van der Waals surface area (Å²) in [7, 11) is 0. The Morgan fingerprint density at radius 2 is 2.14 bits per heavy atom. The van der Waals surface area contributed by atoms with Gasteiger partial charge in [-0.15, -0.1) is 23.5 Å². The molecule has 12 heteroatoms. The summed E-state index contributed by atoms with van der Waals surface area (Å²) in [6.07, 6.45) is 1.33. The molecule has 1 saturated heterocycles. The van der Waals surface area contributed by atoms with Crippen LogP contribution in [0.2, 0.25) is 0 Å². The molecule has 2 aliphatic rings. The highest BCUT2D eigenvalue weighted by Crippen LogP contribution is 2.44. The van der Waals surface area contributed by atoms with Crippen LogP contribution in [0.5, 0.6) is 0 Å². The number of aliphatic carboxylic acids is 1. The van der Waals surface area contributed by atoms with Crippen molar-refractivity contribution in [2.24, 2.45) is 0 Å². The Bertz CT molecular complexity index is 967. The highest BCUT2D eigenvalue weighted by atomic mass is 32.2. The van der Waals surface area contributed by atoms with Gasteiger partial charge in [-0.3, -0.25) is 19.6 Å². The predicted octanol–water partition coefficient (Wildman–Crippen LogP) is 1.39. The van der Waals surface area contributed by atoms with E-state index < -0.39 is 23.3 Å². The molecule has 3 N–H and O–H groups in total. The van der Waals surface area contributed by atoms with Gasteiger partial charge >= 0.3 is 5.97 Å². The number of carbonyl (C=O) groups is 3. The number of amides is 2. The maximum Gasteiger partial charge on any atom is 0.353 e. The van der Waals surface area contributed by atoms with Crippen molar-refractivity contribution in [1.82, 2.24) is 25.4 Å². The Morgan fingerprint density at radius 1 is 1.34 bits per heavy atom. The van der Waals surface area contributed by atoms with Gasteiger partial charge in [0.1, 0.15) is 23.4 Å². The number of hydrogen-bond acceptors (Lipinski definition) is 8. The lowest BCUT2D eigenvalue weighted by atomic mass is 10.1. The second-order valence-electron chi connectivity index (χ2n) is 6.03. The van der Waals surface area contributed by atoms with Crippen LogP contribution in [-0.2, 0) is 14.4 Å². The lowest BCUT2D eigenvalue weighted by Crippen LogP contribution is -2.70. The zero-order valence-corrected chi connectivity index (χ0v) is 17.2. The lowest BCUT2D eigenvalue weighted by Gasteiger charge is -2.49. The van der Waals surface area contributed by atoms with Crippen molar-refractivity contribution < 1.29 is 19.5 Å². The number of rotatable bonds is 7. The largest absolute Gasteiger partial charge is 0.477 e. The van der Waals surface area contributed by atoms with E-state index in [9.17, 15) is 19.5 Å². The number of aromatic nitrogens is 3. The first-order chi connectivity index (χ1) is 14.0. The van der Waals surface area contributed by atoms with Gasteiger partial charge in [-0.2, -0.15) is 5.10 Å². The number of nitrogens with zero attached hydrogens (tertiary/aromatic N) is 3. The van der Waals surface area contributed by atoms with Gasteiger partial charge < -0.3 is 10.4 Å². The SMILES string of the molecule is O=C(CSc1ccccc1)N[C@@H]1C(=O)N2C(C(=O)O)=C(Sc3ncn[nH]3)CS[C@@H]12. The smallest absolute Gasteiger partial charge is 0.353 e. The van der Waals surface area contributed by atoms with Crippen molar-refractivity contribution >= 4 is 53.1 Å². The highest BCUT2D eigenvalue weighted by Gasteiger charge is 2.54. The fraction of sp³-hybridized carbons (Fsp3) is 0.235. The summed E-state index contributed by atoms with van der Waals surface area (Å²) >= 11 is 3.92. The molecule has 2 aromatic rings. The molecule has 1 fully saturated rings. The molecule has 0 unspecified atom stereocenters. The van der Waals surface area contributed by atoms with E-state index >= 15 is 0 Å². The van der Waals surface area contributed by atoms with E-state index in [2.05, 4.69) is 20.5 Å². The van der Waals surface area contributed by atoms with Gasteiger partial charge in [-0.05, 0) is 12.1 Å². The van der Waals surface area contributed by atoms with Crippen molar-refractivity contribution in [2.45, 2.75) is 21.5 Å². The number of thioether (sulfide) groups is 3. The zero-order valence-electron chi connectivity index (χ0n) is 14.8. The maximum absolute atomic E-state index is 12.6. The van der Waals surface area contributed by atoms with Crippen LogP contribution in [0, 0.1) is 0 Å². The Kier molecular flexibility index (Phi) is 5.83.